The highest BCUT2D eigenvalue weighted by atomic mass is 32.2. The highest BCUT2D eigenvalue weighted by Crippen LogP contribution is 2.48. The fourth-order valence-electron chi connectivity index (χ4n) is 2.99. The van der Waals surface area contributed by atoms with Gasteiger partial charge in [0.15, 0.2) is 5.78 Å². The first-order chi connectivity index (χ1) is 11.2. The molecule has 0 aliphatic carbocycles. The molecule has 0 spiro atoms. The van der Waals surface area contributed by atoms with Crippen LogP contribution in [0.3, 0.4) is 0 Å². The molecule has 0 amide bonds. The molecule has 1 heterocycles. The van der Waals surface area contributed by atoms with Gasteiger partial charge < -0.3 is 4.90 Å². The smallest absolute Gasteiger partial charge is 0.159 e. The predicted molar refractivity (Wildman–Crippen MR) is 98.2 cm³/mol. The minimum atomic E-state index is 0.127. The van der Waals surface area contributed by atoms with E-state index in [0.717, 1.165) is 12.1 Å². The first-order valence-electron chi connectivity index (χ1n) is 8.40. The van der Waals surface area contributed by atoms with Gasteiger partial charge in [-0.1, -0.05) is 56.1 Å². The predicted octanol–water partition coefficient (Wildman–Crippen LogP) is 6.07. The molecular formula is C20H23NOS. The number of anilines is 2. The summed E-state index contributed by atoms with van der Waals surface area (Å²) in [7, 11) is 0. The van der Waals surface area contributed by atoms with E-state index in [0.29, 0.717) is 0 Å². The molecule has 0 aromatic heterocycles. The lowest BCUT2D eigenvalue weighted by atomic mass is 10.1. The molecule has 3 heteroatoms. The van der Waals surface area contributed by atoms with Gasteiger partial charge in [-0.2, -0.15) is 0 Å². The molecule has 2 aromatic rings. The summed E-state index contributed by atoms with van der Waals surface area (Å²) < 4.78 is 0. The minimum Gasteiger partial charge on any atom is -0.340 e. The fraction of sp³-hybridized carbons (Fsp3) is 0.350. The third-order valence-corrected chi connectivity index (χ3v) is 5.40. The van der Waals surface area contributed by atoms with Crippen molar-refractivity contribution >= 4 is 28.9 Å². The summed E-state index contributed by atoms with van der Waals surface area (Å²) >= 11 is 1.80. The quantitative estimate of drug-likeness (QED) is 0.475. The Bertz CT molecular complexity index is 711. The molecule has 120 valence electrons. The van der Waals surface area contributed by atoms with E-state index in [4.69, 9.17) is 0 Å². The molecule has 0 atom stereocenters. The number of hydrogen-bond donors (Lipinski definition) is 0. The average Bonchev–Trinajstić information content (AvgIpc) is 2.57. The van der Waals surface area contributed by atoms with Crippen LogP contribution in [0, 0.1) is 0 Å². The Morgan fingerprint density at radius 3 is 2.57 bits per heavy atom. The highest BCUT2D eigenvalue weighted by Gasteiger charge is 2.23. The lowest BCUT2D eigenvalue weighted by Crippen LogP contribution is -2.22. The van der Waals surface area contributed by atoms with E-state index in [1.54, 1.807) is 18.7 Å². The van der Waals surface area contributed by atoms with Crippen molar-refractivity contribution in [2.75, 3.05) is 11.4 Å². The topological polar surface area (TPSA) is 20.3 Å². The van der Waals surface area contributed by atoms with Crippen LogP contribution in [0.5, 0.6) is 0 Å². The van der Waals surface area contributed by atoms with Gasteiger partial charge in [0.1, 0.15) is 0 Å². The summed E-state index contributed by atoms with van der Waals surface area (Å²) in [6.07, 6.45) is 4.96. The van der Waals surface area contributed by atoms with Gasteiger partial charge in [-0.15, -0.1) is 0 Å². The Kier molecular flexibility index (Phi) is 5.06. The highest BCUT2D eigenvalue weighted by molar-refractivity contribution is 7.99. The number of benzene rings is 2. The zero-order valence-electron chi connectivity index (χ0n) is 13.8. The van der Waals surface area contributed by atoms with Crippen molar-refractivity contribution in [3.8, 4) is 0 Å². The van der Waals surface area contributed by atoms with Gasteiger partial charge in [-0.3, -0.25) is 4.79 Å². The lowest BCUT2D eigenvalue weighted by Gasteiger charge is -2.33. The van der Waals surface area contributed by atoms with Crippen molar-refractivity contribution in [3.05, 3.63) is 48.0 Å². The van der Waals surface area contributed by atoms with Crippen LogP contribution in [-0.4, -0.2) is 12.3 Å². The summed E-state index contributed by atoms with van der Waals surface area (Å²) in [6, 6.07) is 14.6. The number of Topliss-reactive ketones (excluding diaryl/α,β-unsaturated/α-hetero) is 1. The van der Waals surface area contributed by atoms with Crippen molar-refractivity contribution in [1.82, 2.24) is 0 Å². The van der Waals surface area contributed by atoms with Crippen LogP contribution in [0.1, 0.15) is 49.9 Å². The number of carbonyl (C=O) groups is 1. The second-order valence-corrected chi connectivity index (χ2v) is 7.10. The maximum atomic E-state index is 11.8. The molecule has 0 radical (unpaired) electrons. The number of para-hydroxylation sites is 1. The molecule has 0 N–H and O–H groups in total. The van der Waals surface area contributed by atoms with Gasteiger partial charge in [-0.25, -0.2) is 0 Å². The molecule has 23 heavy (non-hydrogen) atoms. The van der Waals surface area contributed by atoms with Gasteiger partial charge in [-0.05, 0) is 37.6 Å². The fourth-order valence-corrected chi connectivity index (χ4v) is 4.06. The third kappa shape index (κ3) is 3.45. The van der Waals surface area contributed by atoms with E-state index in [9.17, 15) is 4.79 Å². The number of unbranched alkanes of at least 4 members (excludes halogenated alkanes) is 3. The third-order valence-electron chi connectivity index (χ3n) is 4.27. The van der Waals surface area contributed by atoms with Crippen LogP contribution < -0.4 is 4.90 Å². The summed E-state index contributed by atoms with van der Waals surface area (Å²) in [6.45, 7) is 4.88. The average molecular weight is 325 g/mol. The molecule has 1 aliphatic heterocycles. The van der Waals surface area contributed by atoms with Crippen molar-refractivity contribution in [1.29, 1.82) is 0 Å². The van der Waals surface area contributed by atoms with Crippen molar-refractivity contribution < 1.29 is 4.79 Å². The van der Waals surface area contributed by atoms with Gasteiger partial charge in [0.2, 0.25) is 0 Å². The monoisotopic (exact) mass is 325 g/mol. The number of rotatable bonds is 6. The Labute approximate surface area is 142 Å². The number of ketones is 1. The Morgan fingerprint density at radius 2 is 1.78 bits per heavy atom. The van der Waals surface area contributed by atoms with Crippen LogP contribution in [0.25, 0.3) is 0 Å². The zero-order chi connectivity index (χ0) is 16.2. The Morgan fingerprint density at radius 1 is 1.00 bits per heavy atom. The molecule has 2 aromatic carbocycles. The standard InChI is InChI=1S/C20H23NOS/c1-3-4-5-8-13-21-17-9-6-7-10-19(17)23-20-12-11-16(15(2)22)14-18(20)21/h6-7,9-12,14H,3-5,8,13H2,1-2H3. The number of hydrogen-bond acceptors (Lipinski definition) is 3. The summed E-state index contributed by atoms with van der Waals surface area (Å²) in [5.74, 6) is 0.127. The molecule has 0 bridgehead atoms. The second-order valence-electron chi connectivity index (χ2n) is 6.02. The van der Waals surface area contributed by atoms with Crippen LogP contribution in [-0.2, 0) is 0 Å². The molecule has 1 aliphatic rings. The van der Waals surface area contributed by atoms with Gasteiger partial charge in [0, 0.05) is 21.9 Å². The Hall–Kier alpha value is -1.74. The lowest BCUT2D eigenvalue weighted by molar-refractivity contribution is 0.101. The number of fused-ring (bicyclic) bond motifs is 2. The minimum absolute atomic E-state index is 0.127. The molecule has 0 unspecified atom stereocenters. The van der Waals surface area contributed by atoms with Gasteiger partial charge in [0.05, 0.1) is 11.4 Å². The van der Waals surface area contributed by atoms with Crippen LogP contribution in [0.2, 0.25) is 0 Å². The SMILES string of the molecule is CCCCCCN1c2ccccc2Sc2ccc(C(C)=O)cc21. The molecule has 3 rings (SSSR count). The summed E-state index contributed by atoms with van der Waals surface area (Å²) in [4.78, 5) is 16.7. The van der Waals surface area contributed by atoms with E-state index < -0.39 is 0 Å². The second kappa shape index (κ2) is 7.22. The number of carbonyl (C=O) groups excluding carboxylic acids is 1. The molecule has 0 saturated heterocycles. The maximum Gasteiger partial charge on any atom is 0.159 e. The van der Waals surface area contributed by atoms with Gasteiger partial charge >= 0.3 is 0 Å². The van der Waals surface area contributed by atoms with Crippen molar-refractivity contribution in [2.24, 2.45) is 0 Å². The molecule has 0 fully saturated rings. The van der Waals surface area contributed by atoms with E-state index in [1.165, 1.54) is 46.8 Å². The van der Waals surface area contributed by atoms with Crippen molar-refractivity contribution in [2.45, 2.75) is 49.3 Å². The summed E-state index contributed by atoms with van der Waals surface area (Å²) in [5.41, 5.74) is 3.24. The molecule has 2 nitrogen and oxygen atoms in total. The largest absolute Gasteiger partial charge is 0.340 e. The van der Waals surface area contributed by atoms with E-state index in [2.05, 4.69) is 48.2 Å². The maximum absolute atomic E-state index is 11.8. The zero-order valence-corrected chi connectivity index (χ0v) is 14.7. The number of nitrogens with zero attached hydrogens (tertiary/aromatic N) is 1. The Balaban J connectivity index is 1.95. The van der Waals surface area contributed by atoms with E-state index in [1.807, 2.05) is 6.07 Å². The molecule has 0 saturated carbocycles. The van der Waals surface area contributed by atoms with Crippen LogP contribution in [0.15, 0.2) is 52.3 Å². The van der Waals surface area contributed by atoms with E-state index in [-0.39, 0.29) is 5.78 Å². The van der Waals surface area contributed by atoms with Gasteiger partial charge in [0.25, 0.3) is 0 Å². The molecular weight excluding hydrogens is 302 g/mol. The first-order valence-corrected chi connectivity index (χ1v) is 9.21. The summed E-state index contributed by atoms with van der Waals surface area (Å²) in [5, 5.41) is 0. The normalized spacial score (nSPS) is 12.7. The van der Waals surface area contributed by atoms with Crippen LogP contribution in [0.4, 0.5) is 11.4 Å². The van der Waals surface area contributed by atoms with Crippen LogP contribution >= 0.6 is 11.8 Å². The van der Waals surface area contributed by atoms with Crippen molar-refractivity contribution in [3.63, 3.8) is 0 Å². The van der Waals surface area contributed by atoms with E-state index >= 15 is 0 Å². The first kappa shape index (κ1) is 16.1.